The predicted octanol–water partition coefficient (Wildman–Crippen LogP) is 3.20. The van der Waals surface area contributed by atoms with Gasteiger partial charge in [-0.2, -0.15) is 0 Å². The van der Waals surface area contributed by atoms with Gasteiger partial charge in [0.25, 0.3) is 0 Å². The van der Waals surface area contributed by atoms with E-state index in [1.165, 1.54) is 24.8 Å². The molecule has 0 amide bonds. The first-order valence-electron chi connectivity index (χ1n) is 11.8. The zero-order chi connectivity index (χ0) is 22.1. The van der Waals surface area contributed by atoms with Crippen molar-refractivity contribution in [1.82, 2.24) is 10.2 Å². The van der Waals surface area contributed by atoms with Crippen molar-refractivity contribution >= 4 is 15.6 Å². The normalized spacial score (nSPS) is 24.9. The van der Waals surface area contributed by atoms with Crippen molar-refractivity contribution < 1.29 is 13.2 Å². The van der Waals surface area contributed by atoms with Gasteiger partial charge in [-0.25, -0.2) is 8.42 Å². The maximum absolute atomic E-state index is 12.9. The van der Waals surface area contributed by atoms with Crippen LogP contribution in [0.3, 0.4) is 0 Å². The molecule has 2 aromatic carbocycles. The van der Waals surface area contributed by atoms with Crippen LogP contribution in [-0.4, -0.2) is 56.3 Å². The molecule has 2 atom stereocenters. The summed E-state index contributed by atoms with van der Waals surface area (Å²) >= 11 is 0. The average Bonchev–Trinajstić information content (AvgIpc) is 3.70. The molecule has 2 aliphatic carbocycles. The van der Waals surface area contributed by atoms with Crippen molar-refractivity contribution in [3.05, 3.63) is 70.8 Å². The molecule has 1 aliphatic heterocycles. The third-order valence-electron chi connectivity index (χ3n) is 7.02. The van der Waals surface area contributed by atoms with E-state index in [4.69, 9.17) is 0 Å². The first-order valence-corrected chi connectivity index (χ1v) is 13.6. The number of nitrogens with zero attached hydrogens (tertiary/aromatic N) is 1. The summed E-state index contributed by atoms with van der Waals surface area (Å²) in [6, 6.07) is 16.9. The van der Waals surface area contributed by atoms with E-state index < -0.39 is 9.84 Å². The third-order valence-corrected chi connectivity index (χ3v) is 8.63. The molecule has 3 aliphatic rings. The molecule has 2 saturated carbocycles. The highest BCUT2D eigenvalue weighted by atomic mass is 32.2. The van der Waals surface area contributed by atoms with Crippen molar-refractivity contribution in [2.45, 2.75) is 44.2 Å². The molecular weight excluding hydrogens is 420 g/mol. The second kappa shape index (κ2) is 9.08. The van der Waals surface area contributed by atoms with Crippen molar-refractivity contribution in [3.63, 3.8) is 0 Å². The number of hydrogen-bond acceptors (Lipinski definition) is 5. The summed E-state index contributed by atoms with van der Waals surface area (Å²) < 4.78 is 23.2. The van der Waals surface area contributed by atoms with Gasteiger partial charge in [0, 0.05) is 43.6 Å². The summed E-state index contributed by atoms with van der Waals surface area (Å²) in [6.07, 6.45) is 4.32. The van der Waals surface area contributed by atoms with Crippen LogP contribution in [0, 0.1) is 5.92 Å². The van der Waals surface area contributed by atoms with Crippen LogP contribution in [0.1, 0.15) is 52.2 Å². The summed E-state index contributed by atoms with van der Waals surface area (Å²) in [6.45, 7) is 3.09. The number of Topliss-reactive ketones (excluding diaryl/α,β-unsaturated/α-hetero) is 1. The largest absolute Gasteiger partial charge is 0.313 e. The number of ketones is 1. The van der Waals surface area contributed by atoms with Gasteiger partial charge in [0.15, 0.2) is 15.6 Å². The van der Waals surface area contributed by atoms with E-state index in [1.54, 1.807) is 0 Å². The van der Waals surface area contributed by atoms with Gasteiger partial charge in [0.2, 0.25) is 0 Å². The Morgan fingerprint density at radius 3 is 2.44 bits per heavy atom. The molecule has 0 spiro atoms. The van der Waals surface area contributed by atoms with Crippen molar-refractivity contribution in [1.29, 1.82) is 0 Å². The summed E-state index contributed by atoms with van der Waals surface area (Å²) in [5.41, 5.74) is 4.25. The lowest BCUT2D eigenvalue weighted by Crippen LogP contribution is -2.39. The number of benzene rings is 2. The average molecular weight is 453 g/mol. The van der Waals surface area contributed by atoms with Crippen LogP contribution in [-0.2, 0) is 22.8 Å². The number of sulfone groups is 1. The SMILES string of the molecule is O=C(Cc1ccc(CN2CCS(=O)(=O)CC2)cc1)c1cccc(C2CC2NCC2CC2)c1. The minimum Gasteiger partial charge on any atom is -0.313 e. The van der Waals surface area contributed by atoms with Crippen molar-refractivity contribution in [3.8, 4) is 0 Å². The number of carbonyl (C=O) groups excluding carboxylic acids is 1. The van der Waals surface area contributed by atoms with Gasteiger partial charge in [0.05, 0.1) is 11.5 Å². The lowest BCUT2D eigenvalue weighted by molar-refractivity contribution is 0.0993. The Labute approximate surface area is 191 Å². The Kier molecular flexibility index (Phi) is 6.19. The first kappa shape index (κ1) is 21.8. The molecule has 1 saturated heterocycles. The lowest BCUT2D eigenvalue weighted by atomic mass is 9.99. The van der Waals surface area contributed by atoms with Crippen molar-refractivity contribution in [2.24, 2.45) is 5.92 Å². The van der Waals surface area contributed by atoms with Crippen LogP contribution in [0.2, 0.25) is 0 Å². The van der Waals surface area contributed by atoms with Crippen LogP contribution in [0.25, 0.3) is 0 Å². The van der Waals surface area contributed by atoms with Crippen LogP contribution < -0.4 is 5.32 Å². The molecule has 6 heteroatoms. The van der Waals surface area contributed by atoms with E-state index in [2.05, 4.69) is 34.5 Å². The summed E-state index contributed by atoms with van der Waals surface area (Å²) in [5.74, 6) is 2.09. The van der Waals surface area contributed by atoms with Gasteiger partial charge in [-0.15, -0.1) is 0 Å². The van der Waals surface area contributed by atoms with Gasteiger partial charge < -0.3 is 5.32 Å². The summed E-state index contributed by atoms with van der Waals surface area (Å²) in [5, 5.41) is 3.68. The maximum Gasteiger partial charge on any atom is 0.167 e. The van der Waals surface area contributed by atoms with E-state index in [-0.39, 0.29) is 17.3 Å². The molecule has 0 bridgehead atoms. The Hall–Kier alpha value is -2.02. The number of nitrogens with one attached hydrogen (secondary N) is 1. The second-order valence-corrected chi connectivity index (χ2v) is 12.1. The molecule has 2 unspecified atom stereocenters. The Morgan fingerprint density at radius 1 is 1.00 bits per heavy atom. The third kappa shape index (κ3) is 5.66. The Bertz CT molecular complexity index is 1060. The minimum atomic E-state index is -2.85. The maximum atomic E-state index is 12.9. The topological polar surface area (TPSA) is 66.5 Å². The molecule has 170 valence electrons. The molecule has 32 heavy (non-hydrogen) atoms. The van der Waals surface area contributed by atoms with Gasteiger partial charge >= 0.3 is 0 Å². The van der Waals surface area contributed by atoms with Crippen molar-refractivity contribution in [2.75, 3.05) is 31.1 Å². The van der Waals surface area contributed by atoms with E-state index in [0.717, 1.165) is 35.7 Å². The van der Waals surface area contributed by atoms with Gasteiger partial charge in [-0.3, -0.25) is 9.69 Å². The fourth-order valence-corrected chi connectivity index (χ4v) is 5.87. The Balaban J connectivity index is 1.14. The summed E-state index contributed by atoms with van der Waals surface area (Å²) in [4.78, 5) is 15.1. The number of carbonyl (C=O) groups is 1. The molecule has 5 nitrogen and oxygen atoms in total. The molecular formula is C26H32N2O3S. The second-order valence-electron chi connectivity index (χ2n) is 9.77. The highest BCUT2D eigenvalue weighted by Gasteiger charge is 2.39. The zero-order valence-electron chi connectivity index (χ0n) is 18.5. The van der Waals surface area contributed by atoms with Crippen LogP contribution in [0.5, 0.6) is 0 Å². The molecule has 1 N–H and O–H groups in total. The van der Waals surface area contributed by atoms with E-state index in [9.17, 15) is 13.2 Å². The lowest BCUT2D eigenvalue weighted by Gasteiger charge is -2.26. The van der Waals surface area contributed by atoms with Crippen LogP contribution >= 0.6 is 0 Å². The quantitative estimate of drug-likeness (QED) is 0.592. The first-order chi connectivity index (χ1) is 15.4. The summed E-state index contributed by atoms with van der Waals surface area (Å²) in [7, 11) is -2.85. The van der Waals surface area contributed by atoms with Crippen LogP contribution in [0.15, 0.2) is 48.5 Å². The Morgan fingerprint density at radius 2 is 1.72 bits per heavy atom. The number of rotatable bonds is 9. The fourth-order valence-electron chi connectivity index (χ4n) is 4.59. The molecule has 0 aromatic heterocycles. The predicted molar refractivity (Wildman–Crippen MR) is 127 cm³/mol. The molecule has 0 radical (unpaired) electrons. The van der Waals surface area contributed by atoms with E-state index in [1.807, 2.05) is 24.3 Å². The molecule has 1 heterocycles. The van der Waals surface area contributed by atoms with E-state index >= 15 is 0 Å². The monoisotopic (exact) mass is 452 g/mol. The smallest absolute Gasteiger partial charge is 0.167 e. The van der Waals surface area contributed by atoms with Crippen LogP contribution in [0.4, 0.5) is 0 Å². The highest BCUT2D eigenvalue weighted by molar-refractivity contribution is 7.91. The fraction of sp³-hybridized carbons (Fsp3) is 0.500. The minimum absolute atomic E-state index is 0.156. The zero-order valence-corrected chi connectivity index (χ0v) is 19.3. The van der Waals surface area contributed by atoms with E-state index in [0.29, 0.717) is 31.5 Å². The van der Waals surface area contributed by atoms with Gasteiger partial charge in [-0.05, 0) is 54.5 Å². The molecule has 3 fully saturated rings. The number of hydrogen-bond donors (Lipinski definition) is 1. The molecule has 2 aromatic rings. The van der Waals surface area contributed by atoms with Gasteiger partial charge in [0.1, 0.15) is 0 Å². The standard InChI is InChI=1S/C26H32N2O3S/c29-26(23-3-1-2-22(15-23)24-16-25(24)27-17-20-6-7-20)14-19-4-8-21(9-5-19)18-28-10-12-32(30,31)13-11-28/h1-5,8-9,15,20,24-25,27H,6-7,10-14,16-18H2. The van der Waals surface area contributed by atoms with Gasteiger partial charge in [-0.1, -0.05) is 42.5 Å². The molecule has 5 rings (SSSR count). The highest BCUT2D eigenvalue weighted by Crippen LogP contribution is 2.42.